The smallest absolute Gasteiger partial charge is 0.0893 e. The molecule has 0 amide bonds. The van der Waals surface area contributed by atoms with Crippen molar-refractivity contribution in [1.82, 2.24) is 0 Å². The number of fused-ring (bicyclic) bond motifs is 2. The average Bonchev–Trinajstić information content (AvgIpc) is 2.90. The molecule has 7 atom stereocenters. The molecule has 4 heteroatoms. The minimum atomic E-state index is -0.457. The molecule has 0 unspecified atom stereocenters. The van der Waals surface area contributed by atoms with Crippen LogP contribution in [0.3, 0.4) is 0 Å². The van der Waals surface area contributed by atoms with Gasteiger partial charge in [-0.25, -0.2) is 0 Å². The lowest BCUT2D eigenvalue weighted by atomic mass is 9.43. The van der Waals surface area contributed by atoms with Gasteiger partial charge in [0.15, 0.2) is 0 Å². The summed E-state index contributed by atoms with van der Waals surface area (Å²) in [5.41, 5.74) is -1.22. The van der Waals surface area contributed by atoms with Crippen LogP contribution < -0.4 is 0 Å². The predicted octanol–water partition coefficient (Wildman–Crippen LogP) is 2.49. The molecule has 3 rings (SSSR count). The molecule has 23 heavy (non-hydrogen) atoms. The van der Waals surface area contributed by atoms with Gasteiger partial charge in [-0.05, 0) is 57.3 Å². The summed E-state index contributed by atoms with van der Waals surface area (Å²) in [5, 5.41) is 30.5. The van der Waals surface area contributed by atoms with Crippen molar-refractivity contribution in [2.75, 3.05) is 13.2 Å². The Bertz CT molecular complexity index is 468. The van der Waals surface area contributed by atoms with Gasteiger partial charge in [-0.2, -0.15) is 0 Å². The van der Waals surface area contributed by atoms with Crippen LogP contribution in [0, 0.1) is 22.7 Å². The van der Waals surface area contributed by atoms with Gasteiger partial charge >= 0.3 is 0 Å². The van der Waals surface area contributed by atoms with Crippen LogP contribution in [0.2, 0.25) is 0 Å². The zero-order valence-corrected chi connectivity index (χ0v) is 15.1. The highest BCUT2D eigenvalue weighted by Gasteiger charge is 2.68. The van der Waals surface area contributed by atoms with Crippen molar-refractivity contribution >= 4 is 0 Å². The van der Waals surface area contributed by atoms with Crippen molar-refractivity contribution in [2.45, 2.75) is 83.5 Å². The summed E-state index contributed by atoms with van der Waals surface area (Å²) in [7, 11) is 0. The summed E-state index contributed by atoms with van der Waals surface area (Å²) < 4.78 is 6.67. The van der Waals surface area contributed by atoms with E-state index in [1.165, 1.54) is 0 Å². The van der Waals surface area contributed by atoms with Crippen LogP contribution in [0.5, 0.6) is 0 Å². The van der Waals surface area contributed by atoms with Crippen LogP contribution in [0.4, 0.5) is 0 Å². The fourth-order valence-corrected chi connectivity index (χ4v) is 6.34. The van der Waals surface area contributed by atoms with Crippen LogP contribution in [-0.4, -0.2) is 45.8 Å². The Labute approximate surface area is 140 Å². The minimum absolute atomic E-state index is 0.0240. The highest BCUT2D eigenvalue weighted by atomic mass is 16.5. The first-order valence-corrected chi connectivity index (χ1v) is 9.27. The van der Waals surface area contributed by atoms with Gasteiger partial charge in [-0.3, -0.25) is 0 Å². The minimum Gasteiger partial charge on any atom is -0.396 e. The van der Waals surface area contributed by atoms with E-state index in [1.54, 1.807) is 0 Å². The third-order valence-corrected chi connectivity index (χ3v) is 8.04. The molecule has 134 valence electrons. The quantitative estimate of drug-likeness (QED) is 0.729. The van der Waals surface area contributed by atoms with Gasteiger partial charge in [0.25, 0.3) is 0 Å². The molecule has 2 saturated carbocycles. The number of hydrogen-bond acceptors (Lipinski definition) is 4. The molecule has 0 aromatic heterocycles. The maximum atomic E-state index is 10.6. The third-order valence-electron chi connectivity index (χ3n) is 8.04. The summed E-state index contributed by atoms with van der Waals surface area (Å²) in [4.78, 5) is 0. The van der Waals surface area contributed by atoms with E-state index in [4.69, 9.17) is 4.74 Å². The Morgan fingerprint density at radius 2 is 1.65 bits per heavy atom. The molecule has 1 aliphatic heterocycles. The molecule has 2 aliphatic carbocycles. The van der Waals surface area contributed by atoms with Gasteiger partial charge in [0, 0.05) is 10.8 Å². The first-order chi connectivity index (χ1) is 10.7. The largest absolute Gasteiger partial charge is 0.396 e. The Kier molecular flexibility index (Phi) is 4.16. The van der Waals surface area contributed by atoms with Crippen molar-refractivity contribution < 1.29 is 20.1 Å². The highest BCUT2D eigenvalue weighted by Crippen LogP contribution is 2.67. The van der Waals surface area contributed by atoms with Crippen molar-refractivity contribution in [3.63, 3.8) is 0 Å². The van der Waals surface area contributed by atoms with Crippen molar-refractivity contribution in [3.05, 3.63) is 0 Å². The molecule has 1 heterocycles. The number of rotatable bonds is 2. The van der Waals surface area contributed by atoms with Crippen LogP contribution in [0.15, 0.2) is 0 Å². The summed E-state index contributed by atoms with van der Waals surface area (Å²) >= 11 is 0. The van der Waals surface area contributed by atoms with Crippen LogP contribution >= 0.6 is 0 Å². The lowest BCUT2D eigenvalue weighted by molar-refractivity contribution is -0.268. The standard InChI is InChI=1S/C19H34O4/c1-13-5-6-14-17(3,12-21)15(22)7-8-18(14,4)19(13)10-9-16(2,11-20)23-19/h13-15,20-22H,5-12H2,1-4H3/t13-,14+,15+,16-,17+,18-,19-/m0/s1. The number of ether oxygens (including phenoxy) is 1. The molecule has 1 spiro atoms. The van der Waals surface area contributed by atoms with Crippen LogP contribution in [-0.2, 0) is 4.74 Å². The first kappa shape index (κ1) is 17.7. The molecule has 0 bridgehead atoms. The molecule has 0 aromatic rings. The SMILES string of the molecule is C[C@H]1CC[C@@H]2[C@@](C)(CO)[C@H](O)CC[C@]2(C)[C@]12CC[C@@](C)(CO)O2. The number of aliphatic hydroxyl groups excluding tert-OH is 3. The van der Waals surface area contributed by atoms with Gasteiger partial charge < -0.3 is 20.1 Å². The van der Waals surface area contributed by atoms with Crippen molar-refractivity contribution in [1.29, 1.82) is 0 Å². The molecule has 0 radical (unpaired) electrons. The van der Waals surface area contributed by atoms with E-state index in [2.05, 4.69) is 13.8 Å². The monoisotopic (exact) mass is 326 g/mol. The zero-order chi connectivity index (χ0) is 17.1. The Morgan fingerprint density at radius 3 is 2.22 bits per heavy atom. The lowest BCUT2D eigenvalue weighted by Crippen LogP contribution is -2.66. The van der Waals surface area contributed by atoms with Crippen molar-refractivity contribution in [3.8, 4) is 0 Å². The first-order valence-electron chi connectivity index (χ1n) is 9.27. The van der Waals surface area contributed by atoms with Crippen LogP contribution in [0.1, 0.15) is 66.2 Å². The summed E-state index contributed by atoms with van der Waals surface area (Å²) in [6.07, 6.45) is 5.15. The fraction of sp³-hybridized carbons (Fsp3) is 1.00. The average molecular weight is 326 g/mol. The normalized spacial score (nSPS) is 56.7. The van der Waals surface area contributed by atoms with E-state index >= 15 is 0 Å². The highest BCUT2D eigenvalue weighted by molar-refractivity contribution is 5.17. The molecule has 3 N–H and O–H groups in total. The Hall–Kier alpha value is -0.160. The summed E-state index contributed by atoms with van der Waals surface area (Å²) in [6.45, 7) is 8.74. The van der Waals surface area contributed by atoms with Gasteiger partial charge in [-0.1, -0.05) is 20.8 Å². The van der Waals surface area contributed by atoms with Gasteiger partial charge in [0.2, 0.25) is 0 Å². The second-order valence-electron chi connectivity index (χ2n) is 9.27. The lowest BCUT2D eigenvalue weighted by Gasteiger charge is -2.65. The Balaban J connectivity index is 2.04. The molecular formula is C19H34O4. The van der Waals surface area contributed by atoms with Gasteiger partial charge in [-0.15, -0.1) is 0 Å². The van der Waals surface area contributed by atoms with Gasteiger partial charge in [0.05, 0.1) is 30.5 Å². The molecule has 0 aromatic carbocycles. The number of hydrogen-bond donors (Lipinski definition) is 3. The molecule has 3 fully saturated rings. The van der Waals surface area contributed by atoms with Crippen molar-refractivity contribution in [2.24, 2.45) is 22.7 Å². The molecule has 1 saturated heterocycles. The Morgan fingerprint density at radius 1 is 0.957 bits per heavy atom. The third kappa shape index (κ3) is 2.18. The van der Waals surface area contributed by atoms with E-state index < -0.39 is 17.1 Å². The number of aliphatic hydroxyl groups is 3. The van der Waals surface area contributed by atoms with Gasteiger partial charge in [0.1, 0.15) is 0 Å². The molecular weight excluding hydrogens is 292 g/mol. The second-order valence-corrected chi connectivity index (χ2v) is 9.27. The maximum Gasteiger partial charge on any atom is 0.0893 e. The van der Waals surface area contributed by atoms with E-state index in [9.17, 15) is 15.3 Å². The van der Waals surface area contributed by atoms with Crippen LogP contribution in [0.25, 0.3) is 0 Å². The molecule has 3 aliphatic rings. The molecule has 4 nitrogen and oxygen atoms in total. The second kappa shape index (κ2) is 5.42. The fourth-order valence-electron chi connectivity index (χ4n) is 6.34. The predicted molar refractivity (Wildman–Crippen MR) is 89.0 cm³/mol. The van der Waals surface area contributed by atoms with E-state index in [0.29, 0.717) is 5.92 Å². The maximum absolute atomic E-state index is 10.6. The van der Waals surface area contributed by atoms with E-state index in [1.807, 2.05) is 13.8 Å². The summed E-state index contributed by atoms with van der Waals surface area (Å²) in [6, 6.07) is 0. The van der Waals surface area contributed by atoms with E-state index in [-0.39, 0.29) is 30.1 Å². The van der Waals surface area contributed by atoms with E-state index in [0.717, 1.165) is 38.5 Å². The zero-order valence-electron chi connectivity index (χ0n) is 15.1. The summed E-state index contributed by atoms with van der Waals surface area (Å²) in [5.74, 6) is 0.691. The topological polar surface area (TPSA) is 69.9 Å².